The second-order valence-corrected chi connectivity index (χ2v) is 8.78. The lowest BCUT2D eigenvalue weighted by molar-refractivity contribution is 0.581. The Hall–Kier alpha value is -0.230. The molecule has 3 atom stereocenters. The molecule has 0 bridgehead atoms. The van der Waals surface area contributed by atoms with Crippen LogP contribution in [0.5, 0.6) is 0 Å². The average molecular weight is 276 g/mol. The summed E-state index contributed by atoms with van der Waals surface area (Å²) in [6, 6.07) is 0.470. The predicted octanol–water partition coefficient (Wildman–Crippen LogP) is 1.28. The van der Waals surface area contributed by atoms with Crippen LogP contribution in [-0.2, 0) is 9.84 Å². The quantitative estimate of drug-likeness (QED) is 0.825. The molecule has 17 heavy (non-hydrogen) atoms. The fraction of sp³-hybridized carbons (Fsp3) is 0.909. The van der Waals surface area contributed by atoms with Gasteiger partial charge in [-0.2, -0.15) is 0 Å². The van der Waals surface area contributed by atoms with E-state index in [1.54, 1.807) is 11.8 Å². The van der Waals surface area contributed by atoms with Gasteiger partial charge in [0.05, 0.1) is 11.5 Å². The van der Waals surface area contributed by atoms with Gasteiger partial charge in [-0.1, -0.05) is 18.7 Å². The van der Waals surface area contributed by atoms with Crippen molar-refractivity contribution in [1.82, 2.24) is 5.32 Å². The monoisotopic (exact) mass is 276 g/mol. The van der Waals surface area contributed by atoms with Crippen LogP contribution in [0.1, 0.15) is 26.7 Å². The van der Waals surface area contributed by atoms with Crippen molar-refractivity contribution in [3.8, 4) is 0 Å². The minimum Gasteiger partial charge on any atom is -0.362 e. The molecule has 0 aromatic rings. The Morgan fingerprint density at radius 1 is 1.47 bits per heavy atom. The largest absolute Gasteiger partial charge is 0.362 e. The third-order valence-electron chi connectivity index (χ3n) is 3.19. The third kappa shape index (κ3) is 3.88. The van der Waals surface area contributed by atoms with Crippen molar-refractivity contribution in [2.75, 3.05) is 18.1 Å². The molecule has 4 nitrogen and oxygen atoms in total. The molecule has 1 N–H and O–H groups in total. The number of nitrogens with zero attached hydrogens (tertiary/aromatic N) is 1. The number of rotatable bonds is 2. The number of amidine groups is 1. The van der Waals surface area contributed by atoms with Crippen molar-refractivity contribution in [2.24, 2.45) is 10.9 Å². The molecule has 0 saturated carbocycles. The Morgan fingerprint density at radius 3 is 2.82 bits per heavy atom. The first-order valence-electron chi connectivity index (χ1n) is 6.12. The second-order valence-electron chi connectivity index (χ2n) is 5.12. The molecule has 2 aliphatic heterocycles. The Labute approximate surface area is 108 Å². The number of hydrogen-bond acceptors (Lipinski definition) is 4. The van der Waals surface area contributed by atoms with Crippen LogP contribution in [0.3, 0.4) is 0 Å². The van der Waals surface area contributed by atoms with Gasteiger partial charge in [-0.3, -0.25) is 4.99 Å². The second kappa shape index (κ2) is 5.18. The van der Waals surface area contributed by atoms with E-state index in [9.17, 15) is 8.42 Å². The van der Waals surface area contributed by atoms with Crippen LogP contribution >= 0.6 is 11.8 Å². The molecule has 0 aliphatic carbocycles. The summed E-state index contributed by atoms with van der Waals surface area (Å²) in [6.45, 7) is 5.01. The van der Waals surface area contributed by atoms with E-state index >= 15 is 0 Å². The van der Waals surface area contributed by atoms with Gasteiger partial charge >= 0.3 is 0 Å². The van der Waals surface area contributed by atoms with Crippen LogP contribution in [0.25, 0.3) is 0 Å². The molecule has 98 valence electrons. The van der Waals surface area contributed by atoms with Gasteiger partial charge in [0.25, 0.3) is 0 Å². The zero-order chi connectivity index (χ0) is 12.5. The number of nitrogens with one attached hydrogen (secondary N) is 1. The van der Waals surface area contributed by atoms with Crippen LogP contribution < -0.4 is 5.32 Å². The van der Waals surface area contributed by atoms with Gasteiger partial charge in [0.1, 0.15) is 0 Å². The van der Waals surface area contributed by atoms with Crippen LogP contribution in [0.2, 0.25) is 0 Å². The molecule has 3 unspecified atom stereocenters. The molecule has 0 aromatic heterocycles. The smallest absolute Gasteiger partial charge is 0.157 e. The Kier molecular flexibility index (Phi) is 4.02. The molecule has 2 rings (SSSR count). The molecule has 2 fully saturated rings. The molecular formula is C11H20N2O2S2. The van der Waals surface area contributed by atoms with E-state index in [4.69, 9.17) is 0 Å². The number of thioether (sulfide) groups is 1. The molecule has 0 spiro atoms. The Bertz CT molecular complexity index is 394. The van der Waals surface area contributed by atoms with E-state index in [1.165, 1.54) is 0 Å². The minimum absolute atomic E-state index is 0.224. The highest BCUT2D eigenvalue weighted by atomic mass is 32.2. The van der Waals surface area contributed by atoms with E-state index in [-0.39, 0.29) is 5.92 Å². The van der Waals surface area contributed by atoms with Crippen LogP contribution in [-0.4, -0.2) is 42.9 Å². The van der Waals surface area contributed by atoms with Gasteiger partial charge in [-0.25, -0.2) is 8.42 Å². The highest BCUT2D eigenvalue weighted by Crippen LogP contribution is 2.23. The molecule has 0 radical (unpaired) electrons. The van der Waals surface area contributed by atoms with E-state index in [1.807, 2.05) is 0 Å². The minimum atomic E-state index is -2.77. The molecule has 2 saturated heterocycles. The lowest BCUT2D eigenvalue weighted by atomic mass is 10.1. The third-order valence-corrected chi connectivity index (χ3v) is 6.09. The molecule has 0 aromatic carbocycles. The fourth-order valence-corrected chi connectivity index (χ4v) is 5.38. The lowest BCUT2D eigenvalue weighted by Gasteiger charge is -2.27. The van der Waals surface area contributed by atoms with Gasteiger partial charge in [0.2, 0.25) is 0 Å². The van der Waals surface area contributed by atoms with Crippen molar-refractivity contribution in [1.29, 1.82) is 0 Å². The highest BCUT2D eigenvalue weighted by Gasteiger charge is 2.28. The zero-order valence-corrected chi connectivity index (χ0v) is 12.0. The summed E-state index contributed by atoms with van der Waals surface area (Å²) in [5, 5.41) is 4.94. The van der Waals surface area contributed by atoms with Crippen LogP contribution in [0.4, 0.5) is 0 Å². The van der Waals surface area contributed by atoms with Crippen molar-refractivity contribution in [3.05, 3.63) is 0 Å². The lowest BCUT2D eigenvalue weighted by Crippen LogP contribution is -2.38. The normalized spacial score (nSPS) is 39.2. The molecule has 2 aliphatic rings. The van der Waals surface area contributed by atoms with E-state index in [0.29, 0.717) is 29.3 Å². The maximum Gasteiger partial charge on any atom is 0.157 e. The maximum atomic E-state index is 11.3. The summed E-state index contributed by atoms with van der Waals surface area (Å²) < 4.78 is 22.7. The molecular weight excluding hydrogens is 256 g/mol. The summed E-state index contributed by atoms with van der Waals surface area (Å²) in [4.78, 5) is 4.54. The first-order chi connectivity index (χ1) is 7.94. The Balaban J connectivity index is 1.88. The van der Waals surface area contributed by atoms with Crippen molar-refractivity contribution in [3.63, 3.8) is 0 Å². The number of hydrogen-bond donors (Lipinski definition) is 1. The van der Waals surface area contributed by atoms with Crippen molar-refractivity contribution >= 4 is 26.8 Å². The predicted molar refractivity (Wildman–Crippen MR) is 73.3 cm³/mol. The standard InChI is InChI=1S/C11H20N2O2S2/c1-8-5-9(2)16-11(13-8)12-6-10-3-4-17(14,15)7-10/h8-10H,3-7H2,1-2H3,(H,12,13). The summed E-state index contributed by atoms with van der Waals surface area (Å²) in [6.07, 6.45) is 1.93. The maximum absolute atomic E-state index is 11.3. The molecule has 6 heteroatoms. The topological polar surface area (TPSA) is 58.5 Å². The van der Waals surface area contributed by atoms with Gasteiger partial charge < -0.3 is 5.32 Å². The van der Waals surface area contributed by atoms with E-state index in [2.05, 4.69) is 24.2 Å². The van der Waals surface area contributed by atoms with Gasteiger partial charge in [-0.15, -0.1) is 0 Å². The first kappa shape index (κ1) is 13.2. The summed E-state index contributed by atoms with van der Waals surface area (Å²) in [7, 11) is -2.77. The van der Waals surface area contributed by atoms with Crippen LogP contribution in [0.15, 0.2) is 4.99 Å². The van der Waals surface area contributed by atoms with Gasteiger partial charge in [0.15, 0.2) is 15.0 Å². The van der Waals surface area contributed by atoms with Crippen LogP contribution in [0, 0.1) is 5.92 Å². The molecule has 2 heterocycles. The fourth-order valence-electron chi connectivity index (χ4n) is 2.35. The van der Waals surface area contributed by atoms with Crippen molar-refractivity contribution in [2.45, 2.75) is 38.0 Å². The SMILES string of the molecule is CC1CC(C)SC(=NCC2CCS(=O)(=O)C2)N1. The summed E-state index contributed by atoms with van der Waals surface area (Å²) in [5.41, 5.74) is 0. The summed E-state index contributed by atoms with van der Waals surface area (Å²) >= 11 is 1.76. The van der Waals surface area contributed by atoms with E-state index in [0.717, 1.165) is 18.0 Å². The number of sulfone groups is 1. The Morgan fingerprint density at radius 2 is 2.24 bits per heavy atom. The van der Waals surface area contributed by atoms with E-state index < -0.39 is 9.84 Å². The van der Waals surface area contributed by atoms with Gasteiger partial charge in [-0.05, 0) is 25.7 Å². The zero-order valence-electron chi connectivity index (χ0n) is 10.3. The average Bonchev–Trinajstić information content (AvgIpc) is 2.54. The first-order valence-corrected chi connectivity index (χ1v) is 8.83. The van der Waals surface area contributed by atoms with Gasteiger partial charge in [0, 0.05) is 17.8 Å². The highest BCUT2D eigenvalue weighted by molar-refractivity contribution is 8.14. The van der Waals surface area contributed by atoms with Crippen molar-refractivity contribution < 1.29 is 8.42 Å². The molecule has 0 amide bonds. The summed E-state index contributed by atoms with van der Waals surface area (Å²) in [5.74, 6) is 0.887. The number of aliphatic imine (C=N–C) groups is 1.